The van der Waals surface area contributed by atoms with Crippen LogP contribution in [-0.2, 0) is 20.9 Å². The average molecular weight is 410 g/mol. The molecule has 2 aromatic heterocycles. The minimum absolute atomic E-state index is 0.00280. The molecule has 1 amide bonds. The van der Waals surface area contributed by atoms with Crippen molar-refractivity contribution in [1.82, 2.24) is 14.7 Å². The quantitative estimate of drug-likeness (QED) is 0.625. The van der Waals surface area contributed by atoms with E-state index < -0.39 is 12.0 Å². The molecule has 1 aliphatic heterocycles. The molecule has 8 nitrogen and oxygen atoms in total. The summed E-state index contributed by atoms with van der Waals surface area (Å²) < 4.78 is 6.92. The van der Waals surface area contributed by atoms with E-state index in [4.69, 9.17) is 0 Å². The van der Waals surface area contributed by atoms with Gasteiger partial charge in [0.2, 0.25) is 0 Å². The number of pyridine rings is 1. The number of hydrogen-bond acceptors (Lipinski definition) is 5. The Morgan fingerprint density at radius 2 is 2.28 bits per heavy atom. The number of carbonyl (C=O) groups is 2. The minimum Gasteiger partial charge on any atom is -0.469 e. The van der Waals surface area contributed by atoms with Crippen LogP contribution in [0.4, 0.5) is 0 Å². The summed E-state index contributed by atoms with van der Waals surface area (Å²) >= 11 is 3.33. The number of aromatic nitrogens is 2. The van der Waals surface area contributed by atoms with Crippen LogP contribution in [0.2, 0.25) is 0 Å². The van der Waals surface area contributed by atoms with Crippen LogP contribution in [-0.4, -0.2) is 47.5 Å². The number of carbonyl (C=O) groups excluding carboxylic acids is 2. The Hall–Kier alpha value is -2.26. The highest BCUT2D eigenvalue weighted by atomic mass is 79.9. The van der Waals surface area contributed by atoms with Gasteiger partial charge in [0.05, 0.1) is 20.2 Å². The zero-order chi connectivity index (χ0) is 18.0. The Kier molecular flexibility index (Phi) is 5.14. The first-order valence-electron chi connectivity index (χ1n) is 7.85. The van der Waals surface area contributed by atoms with Gasteiger partial charge in [-0.25, -0.2) is 4.98 Å². The predicted octanol–water partition coefficient (Wildman–Crippen LogP) is -1.10. The summed E-state index contributed by atoms with van der Waals surface area (Å²) in [4.78, 5) is 41.4. The topological polar surface area (TPSA) is 94.2 Å². The van der Waals surface area contributed by atoms with Crippen molar-refractivity contribution in [3.63, 3.8) is 0 Å². The van der Waals surface area contributed by atoms with Crippen molar-refractivity contribution in [3.05, 3.63) is 44.9 Å². The van der Waals surface area contributed by atoms with E-state index in [1.807, 2.05) is 6.07 Å². The third kappa shape index (κ3) is 3.88. The van der Waals surface area contributed by atoms with E-state index >= 15 is 0 Å². The minimum atomic E-state index is -0.550. The molecule has 1 fully saturated rings. The summed E-state index contributed by atoms with van der Waals surface area (Å²) in [6, 6.07) is 4.48. The second kappa shape index (κ2) is 7.32. The van der Waals surface area contributed by atoms with E-state index in [0.29, 0.717) is 31.0 Å². The van der Waals surface area contributed by atoms with E-state index in [2.05, 4.69) is 31.0 Å². The van der Waals surface area contributed by atoms with Gasteiger partial charge >= 0.3 is 5.97 Å². The van der Waals surface area contributed by atoms with Gasteiger partial charge in [-0.05, 0) is 28.1 Å². The molecule has 3 rings (SSSR count). The highest BCUT2D eigenvalue weighted by Crippen LogP contribution is 2.09. The van der Waals surface area contributed by atoms with Crippen molar-refractivity contribution in [1.29, 1.82) is 0 Å². The first kappa shape index (κ1) is 17.6. The predicted molar refractivity (Wildman–Crippen MR) is 92.1 cm³/mol. The fraction of sp³-hybridized carbons (Fsp3) is 0.375. The fourth-order valence-corrected chi connectivity index (χ4v) is 3.31. The van der Waals surface area contributed by atoms with Gasteiger partial charge in [0.15, 0.2) is 6.04 Å². The Bertz CT molecular complexity index is 882. The van der Waals surface area contributed by atoms with E-state index in [0.717, 1.165) is 9.37 Å². The lowest BCUT2D eigenvalue weighted by molar-refractivity contribution is -0.931. The number of methoxy groups -OCH3 is 1. The van der Waals surface area contributed by atoms with Gasteiger partial charge < -0.3 is 15.0 Å². The van der Waals surface area contributed by atoms with Crippen molar-refractivity contribution >= 4 is 33.5 Å². The molecule has 132 valence electrons. The molecule has 9 heteroatoms. The molecule has 2 aromatic rings. The van der Waals surface area contributed by atoms with E-state index in [-0.39, 0.29) is 17.9 Å². The maximum atomic E-state index is 12.3. The van der Waals surface area contributed by atoms with Crippen molar-refractivity contribution in [3.8, 4) is 0 Å². The molecule has 0 bridgehead atoms. The SMILES string of the molecule is COC(=O)C[C@@H]1C(=O)NCC[NH+]1Cc1cc(=O)n2cc(Br)ccc2n1. The van der Waals surface area contributed by atoms with Gasteiger partial charge in [-0.2, -0.15) is 0 Å². The molecule has 0 aliphatic carbocycles. The summed E-state index contributed by atoms with van der Waals surface area (Å²) in [5.74, 6) is -0.621. The van der Waals surface area contributed by atoms with Crippen molar-refractivity contribution in [2.75, 3.05) is 20.2 Å². The number of amides is 1. The molecular weight excluding hydrogens is 392 g/mol. The van der Waals surface area contributed by atoms with E-state index in [9.17, 15) is 14.4 Å². The fourth-order valence-electron chi connectivity index (χ4n) is 2.98. The van der Waals surface area contributed by atoms with Crippen LogP contribution < -0.4 is 15.8 Å². The van der Waals surface area contributed by atoms with Crippen molar-refractivity contribution in [2.45, 2.75) is 19.0 Å². The molecule has 25 heavy (non-hydrogen) atoms. The molecule has 3 heterocycles. The number of quaternary nitrogens is 1. The van der Waals surface area contributed by atoms with Crippen LogP contribution in [0, 0.1) is 0 Å². The lowest BCUT2D eigenvalue weighted by atomic mass is 10.1. The highest BCUT2D eigenvalue weighted by Gasteiger charge is 2.36. The van der Waals surface area contributed by atoms with Gasteiger partial charge in [0.25, 0.3) is 11.5 Å². The molecule has 0 saturated carbocycles. The zero-order valence-corrected chi connectivity index (χ0v) is 15.2. The molecular formula is C16H18BrN4O4+. The number of esters is 1. The van der Waals surface area contributed by atoms with Crippen LogP contribution in [0.3, 0.4) is 0 Å². The second-order valence-corrected chi connectivity index (χ2v) is 6.79. The zero-order valence-electron chi connectivity index (χ0n) is 13.6. The van der Waals surface area contributed by atoms with Crippen LogP contribution in [0.1, 0.15) is 12.1 Å². The Morgan fingerprint density at radius 1 is 1.48 bits per heavy atom. The first-order valence-corrected chi connectivity index (χ1v) is 8.64. The number of halogens is 1. The maximum Gasteiger partial charge on any atom is 0.312 e. The molecule has 2 atom stereocenters. The van der Waals surface area contributed by atoms with Gasteiger partial charge in [0.1, 0.15) is 24.3 Å². The third-order valence-corrected chi connectivity index (χ3v) is 4.71. The Labute approximate surface area is 151 Å². The van der Waals surface area contributed by atoms with Gasteiger partial charge in [0, 0.05) is 16.7 Å². The molecule has 0 spiro atoms. The molecule has 1 aliphatic rings. The second-order valence-electron chi connectivity index (χ2n) is 5.87. The third-order valence-electron chi connectivity index (χ3n) is 4.24. The smallest absolute Gasteiger partial charge is 0.312 e. The summed E-state index contributed by atoms with van der Waals surface area (Å²) in [5.41, 5.74) is 0.939. The van der Waals surface area contributed by atoms with Gasteiger partial charge in [-0.3, -0.25) is 18.8 Å². The van der Waals surface area contributed by atoms with Crippen LogP contribution in [0.25, 0.3) is 5.65 Å². The number of piperazine rings is 1. The maximum absolute atomic E-state index is 12.3. The standard InChI is InChI=1S/C16H17BrN4O4/c1-25-15(23)7-12-16(24)18-4-5-20(12)9-11-6-14(22)21-8-10(17)2-3-13(21)19-11/h2-3,6,8,12H,4-5,7,9H2,1H3,(H,18,24)/p+1/t12-/m1/s1. The van der Waals surface area contributed by atoms with E-state index in [1.165, 1.54) is 17.6 Å². The molecule has 1 saturated heterocycles. The summed E-state index contributed by atoms with van der Waals surface area (Å²) in [7, 11) is 1.30. The van der Waals surface area contributed by atoms with Gasteiger partial charge in [-0.1, -0.05) is 0 Å². The number of nitrogens with one attached hydrogen (secondary N) is 2. The molecule has 1 unspecified atom stereocenters. The van der Waals surface area contributed by atoms with Crippen LogP contribution in [0.15, 0.2) is 33.7 Å². The molecule has 2 N–H and O–H groups in total. The van der Waals surface area contributed by atoms with Crippen LogP contribution >= 0.6 is 15.9 Å². The number of fused-ring (bicyclic) bond motifs is 1. The number of ether oxygens (including phenoxy) is 1. The number of rotatable bonds is 4. The summed E-state index contributed by atoms with van der Waals surface area (Å²) in [5, 5.41) is 2.77. The first-order chi connectivity index (χ1) is 12.0. The van der Waals surface area contributed by atoms with Crippen molar-refractivity contribution < 1.29 is 19.2 Å². The lowest BCUT2D eigenvalue weighted by Crippen LogP contribution is -3.18. The number of hydrogen-bond donors (Lipinski definition) is 2. The van der Waals surface area contributed by atoms with E-state index in [1.54, 1.807) is 12.3 Å². The Morgan fingerprint density at radius 3 is 3.04 bits per heavy atom. The normalized spacial score (nSPS) is 20.3. The highest BCUT2D eigenvalue weighted by molar-refractivity contribution is 9.10. The molecule has 0 aromatic carbocycles. The Balaban J connectivity index is 1.87. The lowest BCUT2D eigenvalue weighted by Gasteiger charge is -2.31. The largest absolute Gasteiger partial charge is 0.469 e. The molecule has 0 radical (unpaired) electrons. The van der Waals surface area contributed by atoms with Crippen LogP contribution in [0.5, 0.6) is 0 Å². The van der Waals surface area contributed by atoms with Crippen molar-refractivity contribution in [2.24, 2.45) is 0 Å². The van der Waals surface area contributed by atoms with Gasteiger partial charge in [-0.15, -0.1) is 0 Å². The summed E-state index contributed by atoms with van der Waals surface area (Å²) in [6.45, 7) is 1.55. The number of nitrogens with zero attached hydrogens (tertiary/aromatic N) is 2. The monoisotopic (exact) mass is 409 g/mol. The average Bonchev–Trinajstić information content (AvgIpc) is 2.58. The summed E-state index contributed by atoms with van der Waals surface area (Å²) in [6.07, 6.45) is 1.66.